The molecule has 0 saturated carbocycles. The Labute approximate surface area is 399 Å². The van der Waals surface area contributed by atoms with E-state index >= 15 is 0 Å². The zero-order valence-corrected chi connectivity index (χ0v) is 40.0. The van der Waals surface area contributed by atoms with Gasteiger partial charge in [0.1, 0.15) is 23.2 Å². The topological polar surface area (TPSA) is 177 Å². The predicted octanol–water partition coefficient (Wildman–Crippen LogP) is 6.72. The largest absolute Gasteiger partial charge is 0.493 e. The minimum Gasteiger partial charge on any atom is -0.493 e. The van der Waals surface area contributed by atoms with Crippen LogP contribution in [0.4, 0.5) is 0 Å². The molecule has 0 bridgehead atoms. The molecule has 1 atom stereocenters. The fraction of sp³-hybridized carbons (Fsp3) is 0.392. The molecule has 2 saturated heterocycles. The molecule has 68 heavy (non-hydrogen) atoms. The van der Waals surface area contributed by atoms with Crippen LogP contribution >= 0.6 is 11.6 Å². The zero-order chi connectivity index (χ0) is 48.6. The number of allylic oxidation sites excluding steroid dienone is 1. The average molecular weight is 947 g/mol. The first-order chi connectivity index (χ1) is 32.6. The van der Waals surface area contributed by atoms with E-state index in [4.69, 9.17) is 21.1 Å². The molecule has 17 heteroatoms. The van der Waals surface area contributed by atoms with Gasteiger partial charge >= 0.3 is 5.97 Å². The number of ether oxygens (including phenoxy) is 2. The van der Waals surface area contributed by atoms with Crippen molar-refractivity contribution in [2.45, 2.75) is 72.4 Å². The molecule has 5 heterocycles. The summed E-state index contributed by atoms with van der Waals surface area (Å²) in [5.74, 6) is -2.89. The molecule has 356 valence electrons. The Morgan fingerprint density at radius 2 is 1.62 bits per heavy atom. The van der Waals surface area contributed by atoms with Crippen LogP contribution in [-0.4, -0.2) is 134 Å². The van der Waals surface area contributed by atoms with E-state index in [-0.39, 0.29) is 53.8 Å². The van der Waals surface area contributed by atoms with Crippen molar-refractivity contribution in [2.24, 2.45) is 7.05 Å². The molecule has 0 spiro atoms. The van der Waals surface area contributed by atoms with E-state index in [0.29, 0.717) is 69.3 Å². The van der Waals surface area contributed by atoms with E-state index in [1.54, 1.807) is 15.6 Å². The molecule has 3 aliphatic heterocycles. The van der Waals surface area contributed by atoms with Crippen LogP contribution in [0.5, 0.6) is 11.5 Å². The number of carboxylic acids is 1. The number of piperidine rings is 1. The van der Waals surface area contributed by atoms with E-state index in [9.17, 15) is 33.9 Å². The first kappa shape index (κ1) is 47.7. The number of fused-ring (bicyclic) bond motifs is 2. The third-order valence-electron chi connectivity index (χ3n) is 13.5. The molecular weight excluding hydrogens is 890 g/mol. The number of nitrogens with zero attached hydrogens (tertiary/aromatic N) is 7. The second kappa shape index (κ2) is 19.8. The maximum atomic E-state index is 13.6. The number of likely N-dealkylation sites (N-methyl/N-ethyl adjacent to an activating group) is 1. The van der Waals surface area contributed by atoms with Crippen LogP contribution in [0.15, 0.2) is 54.6 Å². The average Bonchev–Trinajstić information content (AvgIpc) is 3.88. The van der Waals surface area contributed by atoms with Crippen LogP contribution in [0.1, 0.15) is 91.9 Å². The highest BCUT2D eigenvalue weighted by atomic mass is 35.5. The van der Waals surface area contributed by atoms with Crippen molar-refractivity contribution < 1.29 is 43.3 Å². The molecule has 2 aromatic heterocycles. The SMILES string of the molecule is CC/C=C\c1cccc(OCCCc2c(C(=O)O)n(CCN3CCN(C(=O)COc4cccc5c4C(=O)N(C4CCC(=O)N(C)C4=O)C5=O)CC3)c3c(-c4c(C)nn(C)c4C)c(Cl)ccc23)c1C. The Balaban J connectivity index is 0.968. The van der Waals surface area contributed by atoms with Crippen LogP contribution in [0.3, 0.4) is 0 Å². The number of halogens is 1. The number of aryl methyl sites for hydroxylation is 3. The Morgan fingerprint density at radius 1 is 0.882 bits per heavy atom. The van der Waals surface area contributed by atoms with Gasteiger partial charge in [-0.25, -0.2) is 4.79 Å². The minimum absolute atomic E-state index is 0.0188. The highest BCUT2D eigenvalue weighted by molar-refractivity contribution is 6.35. The molecule has 2 fully saturated rings. The summed E-state index contributed by atoms with van der Waals surface area (Å²) in [6.07, 6.45) is 6.20. The van der Waals surface area contributed by atoms with Gasteiger partial charge in [0.15, 0.2) is 6.61 Å². The smallest absolute Gasteiger partial charge is 0.352 e. The van der Waals surface area contributed by atoms with E-state index in [2.05, 4.69) is 35.1 Å². The van der Waals surface area contributed by atoms with Gasteiger partial charge in [0, 0.05) is 82.0 Å². The van der Waals surface area contributed by atoms with Crippen LogP contribution in [0, 0.1) is 20.8 Å². The Hall–Kier alpha value is -6.78. The van der Waals surface area contributed by atoms with Gasteiger partial charge in [0.2, 0.25) is 5.91 Å². The van der Waals surface area contributed by atoms with Gasteiger partial charge in [-0.15, -0.1) is 0 Å². The van der Waals surface area contributed by atoms with Crippen molar-refractivity contribution in [2.75, 3.05) is 53.0 Å². The fourth-order valence-electron chi connectivity index (χ4n) is 9.74. The summed E-state index contributed by atoms with van der Waals surface area (Å²) in [6, 6.07) is 13.2. The van der Waals surface area contributed by atoms with E-state index in [1.807, 2.05) is 56.7 Å². The normalized spacial score (nSPS) is 16.8. The highest BCUT2D eigenvalue weighted by Crippen LogP contribution is 2.42. The number of carboxylic acid groups (broad SMARTS) is 1. The predicted molar refractivity (Wildman–Crippen MR) is 256 cm³/mol. The molecule has 1 unspecified atom stereocenters. The molecule has 16 nitrogen and oxygen atoms in total. The third-order valence-corrected chi connectivity index (χ3v) is 13.8. The summed E-state index contributed by atoms with van der Waals surface area (Å²) in [6.45, 7) is 10.6. The number of benzene rings is 3. The Bertz CT molecular complexity index is 2890. The van der Waals surface area contributed by atoms with Crippen molar-refractivity contribution in [1.29, 1.82) is 0 Å². The molecule has 0 radical (unpaired) electrons. The molecule has 5 amide bonds. The fourth-order valence-corrected chi connectivity index (χ4v) is 9.98. The van der Waals surface area contributed by atoms with E-state index in [1.165, 1.54) is 19.2 Å². The number of imide groups is 2. The second-order valence-corrected chi connectivity index (χ2v) is 17.9. The summed E-state index contributed by atoms with van der Waals surface area (Å²) in [5, 5.41) is 16.9. The molecular formula is C51H56ClN7O9. The minimum atomic E-state index is -1.11. The quantitative estimate of drug-likeness (QED) is 0.0821. The molecule has 1 N–H and O–H groups in total. The number of piperazine rings is 1. The van der Waals surface area contributed by atoms with Crippen molar-refractivity contribution in [1.82, 2.24) is 33.9 Å². The third kappa shape index (κ3) is 8.90. The standard InChI is InChI=1S/C51H56ClN7O9/c1-7-8-12-33-13-9-16-39(30(33)2)67-28-11-15-34-35-18-19-37(52)45(43-31(3)53-55(6)32(43)4)46(35)58(47(34)51(65)66)27-24-56-22-25-57(26-23-56)42(61)29-68-40-17-10-14-36-44(40)50(64)59(48(36)62)38-20-21-41(60)54(5)49(38)63/h8-10,12-14,16-19,38H,7,11,15,20-29H2,1-6H3,(H,65,66)/b12-8-. The molecule has 5 aromatic rings. The van der Waals surface area contributed by atoms with Crippen molar-refractivity contribution in [3.05, 3.63) is 105 Å². The maximum absolute atomic E-state index is 13.6. The first-order valence-corrected chi connectivity index (χ1v) is 23.4. The monoisotopic (exact) mass is 945 g/mol. The Morgan fingerprint density at radius 3 is 2.32 bits per heavy atom. The summed E-state index contributed by atoms with van der Waals surface area (Å²) in [5.41, 5.74) is 7.07. The summed E-state index contributed by atoms with van der Waals surface area (Å²) in [4.78, 5) is 84.7. The summed E-state index contributed by atoms with van der Waals surface area (Å²) in [7, 11) is 3.20. The maximum Gasteiger partial charge on any atom is 0.352 e. The van der Waals surface area contributed by atoms with Gasteiger partial charge in [-0.05, 0) is 87.4 Å². The molecule has 3 aliphatic rings. The van der Waals surface area contributed by atoms with Crippen LogP contribution in [0.2, 0.25) is 5.02 Å². The number of rotatable bonds is 16. The zero-order valence-electron chi connectivity index (χ0n) is 39.3. The number of amides is 5. The molecule has 0 aliphatic carbocycles. The summed E-state index contributed by atoms with van der Waals surface area (Å²) < 4.78 is 15.9. The van der Waals surface area contributed by atoms with Crippen LogP contribution in [0.25, 0.3) is 28.1 Å². The van der Waals surface area contributed by atoms with Crippen molar-refractivity contribution >= 4 is 64.1 Å². The van der Waals surface area contributed by atoms with Crippen molar-refractivity contribution in [3.63, 3.8) is 0 Å². The van der Waals surface area contributed by atoms with Gasteiger partial charge in [-0.3, -0.25) is 43.4 Å². The van der Waals surface area contributed by atoms with Gasteiger partial charge < -0.3 is 24.0 Å². The number of hydrogen-bond acceptors (Lipinski definition) is 10. The lowest BCUT2D eigenvalue weighted by atomic mass is 9.98. The highest BCUT2D eigenvalue weighted by Gasteiger charge is 2.47. The number of hydrogen-bond donors (Lipinski definition) is 1. The molecule has 8 rings (SSSR count). The second-order valence-electron chi connectivity index (χ2n) is 17.5. The van der Waals surface area contributed by atoms with Crippen LogP contribution < -0.4 is 9.47 Å². The van der Waals surface area contributed by atoms with Crippen molar-refractivity contribution in [3.8, 4) is 22.6 Å². The number of aromatic nitrogens is 3. The van der Waals surface area contributed by atoms with E-state index in [0.717, 1.165) is 66.5 Å². The summed E-state index contributed by atoms with van der Waals surface area (Å²) >= 11 is 7.07. The lowest BCUT2D eigenvalue weighted by Gasteiger charge is -2.35. The number of carbonyl (C=O) groups is 6. The molecule has 3 aromatic carbocycles. The number of likely N-dealkylation sites (tertiary alicyclic amines) is 1. The van der Waals surface area contributed by atoms with Gasteiger partial charge in [0.25, 0.3) is 23.6 Å². The van der Waals surface area contributed by atoms with Gasteiger partial charge in [-0.1, -0.05) is 54.9 Å². The van der Waals surface area contributed by atoms with Gasteiger partial charge in [-0.2, -0.15) is 5.10 Å². The van der Waals surface area contributed by atoms with Gasteiger partial charge in [0.05, 0.1) is 34.0 Å². The lowest BCUT2D eigenvalue weighted by Crippen LogP contribution is -2.54. The van der Waals surface area contributed by atoms with Crippen LogP contribution in [-0.2, 0) is 34.4 Å². The number of carbonyl (C=O) groups excluding carboxylic acids is 5. The lowest BCUT2D eigenvalue weighted by molar-refractivity contribution is -0.149. The van der Waals surface area contributed by atoms with E-state index < -0.39 is 29.7 Å². The number of aromatic carboxylic acids is 1. The Kier molecular flexibility index (Phi) is 13.9. The first-order valence-electron chi connectivity index (χ1n) is 23.0.